The Hall–Kier alpha value is -1.00. The van der Waals surface area contributed by atoms with Crippen LogP contribution < -0.4 is 11.1 Å². The maximum Gasteiger partial charge on any atom is 0.230 e. The molecule has 3 nitrogen and oxygen atoms in total. The summed E-state index contributed by atoms with van der Waals surface area (Å²) >= 11 is 1.58. The molecule has 1 fully saturated rings. The second-order valence-electron chi connectivity index (χ2n) is 7.51. The second-order valence-corrected chi connectivity index (χ2v) is 8.56. The fourth-order valence-corrected chi connectivity index (χ4v) is 3.29. The summed E-state index contributed by atoms with van der Waals surface area (Å²) in [5.74, 6) is 1.07. The summed E-state index contributed by atoms with van der Waals surface area (Å²) in [4.78, 5) is 13.3. The molecule has 0 heterocycles. The molecule has 0 saturated heterocycles. The number of nitrogens with two attached hydrogens (primary N) is 1. The Bertz CT molecular complexity index is 517. The Morgan fingerprint density at radius 2 is 1.82 bits per heavy atom. The van der Waals surface area contributed by atoms with Gasteiger partial charge in [0.2, 0.25) is 5.91 Å². The van der Waals surface area contributed by atoms with Gasteiger partial charge in [0.15, 0.2) is 0 Å². The molecule has 2 rings (SSSR count). The van der Waals surface area contributed by atoms with E-state index in [9.17, 15) is 4.79 Å². The van der Waals surface area contributed by atoms with Gasteiger partial charge in [-0.15, -0.1) is 11.8 Å². The number of thioether (sulfide) groups is 1. The molecule has 1 atom stereocenters. The number of hydrogen-bond acceptors (Lipinski definition) is 3. The van der Waals surface area contributed by atoms with Crippen molar-refractivity contribution in [3.63, 3.8) is 0 Å². The number of amides is 1. The summed E-state index contributed by atoms with van der Waals surface area (Å²) in [6.07, 6.45) is 2.35. The zero-order valence-corrected chi connectivity index (χ0v) is 14.9. The molecule has 0 aliphatic heterocycles. The van der Waals surface area contributed by atoms with E-state index in [1.54, 1.807) is 11.8 Å². The monoisotopic (exact) mass is 320 g/mol. The molecule has 1 aliphatic carbocycles. The molecular weight excluding hydrogens is 292 g/mol. The molecule has 1 amide bonds. The molecule has 0 aromatic heterocycles. The van der Waals surface area contributed by atoms with Crippen LogP contribution in [0, 0.1) is 5.92 Å². The van der Waals surface area contributed by atoms with E-state index in [0.29, 0.717) is 18.2 Å². The average Bonchev–Trinajstić information content (AvgIpc) is 3.29. The van der Waals surface area contributed by atoms with Crippen LogP contribution in [0.15, 0.2) is 29.2 Å². The van der Waals surface area contributed by atoms with Crippen LogP contribution in [-0.2, 0) is 10.2 Å². The van der Waals surface area contributed by atoms with Crippen LogP contribution in [0.25, 0.3) is 0 Å². The number of benzene rings is 1. The molecule has 1 aromatic rings. The van der Waals surface area contributed by atoms with Crippen LogP contribution in [-0.4, -0.2) is 23.7 Å². The number of nitrogens with one attached hydrogen (secondary N) is 1. The average molecular weight is 321 g/mol. The van der Waals surface area contributed by atoms with Crippen molar-refractivity contribution in [3.05, 3.63) is 29.8 Å². The van der Waals surface area contributed by atoms with Gasteiger partial charge in [0.1, 0.15) is 0 Å². The molecule has 1 aromatic carbocycles. The maximum atomic E-state index is 12.2. The Morgan fingerprint density at radius 3 is 2.27 bits per heavy atom. The van der Waals surface area contributed by atoms with Gasteiger partial charge in [-0.25, -0.2) is 0 Å². The molecule has 0 radical (unpaired) electrons. The highest BCUT2D eigenvalue weighted by Gasteiger charge is 2.41. The van der Waals surface area contributed by atoms with Gasteiger partial charge in [0.05, 0.1) is 11.3 Å². The van der Waals surface area contributed by atoms with Crippen LogP contribution in [0.1, 0.15) is 46.1 Å². The lowest BCUT2D eigenvalue weighted by Gasteiger charge is -2.29. The first kappa shape index (κ1) is 17.4. The van der Waals surface area contributed by atoms with Crippen molar-refractivity contribution in [2.45, 2.75) is 56.4 Å². The zero-order chi connectivity index (χ0) is 16.4. The standard InChI is InChI=1S/C18H28N2OS/c1-17(2,3)13-7-9-15(10-8-13)22-11-16(21)20-18(4,12-19)14-5-6-14/h7-10,14H,5-6,11-12,19H2,1-4H3,(H,20,21). The fraction of sp³-hybridized carbons (Fsp3) is 0.611. The third kappa shape index (κ3) is 4.50. The number of hydrogen-bond donors (Lipinski definition) is 2. The molecule has 4 heteroatoms. The highest BCUT2D eigenvalue weighted by atomic mass is 32.2. The van der Waals surface area contributed by atoms with Gasteiger partial charge in [-0.1, -0.05) is 32.9 Å². The van der Waals surface area contributed by atoms with Gasteiger partial charge >= 0.3 is 0 Å². The van der Waals surface area contributed by atoms with E-state index in [-0.39, 0.29) is 16.9 Å². The number of carbonyl (C=O) groups excluding carboxylic acids is 1. The van der Waals surface area contributed by atoms with E-state index >= 15 is 0 Å². The molecule has 0 spiro atoms. The SMILES string of the molecule is CC(C)(C)c1ccc(SCC(=O)NC(C)(CN)C2CC2)cc1. The minimum atomic E-state index is -0.228. The third-order valence-corrected chi connectivity index (χ3v) is 5.43. The first-order chi connectivity index (χ1) is 10.2. The summed E-state index contributed by atoms with van der Waals surface area (Å²) in [6.45, 7) is 9.18. The van der Waals surface area contributed by atoms with Crippen LogP contribution in [0.3, 0.4) is 0 Å². The molecule has 1 saturated carbocycles. The minimum absolute atomic E-state index is 0.0738. The van der Waals surface area contributed by atoms with E-state index in [2.05, 4.69) is 57.3 Å². The largest absolute Gasteiger partial charge is 0.349 e. The third-order valence-electron chi connectivity index (χ3n) is 4.42. The van der Waals surface area contributed by atoms with Crippen LogP contribution in [0.4, 0.5) is 0 Å². The fourth-order valence-electron chi connectivity index (χ4n) is 2.59. The Kier molecular flexibility index (Phi) is 5.23. The molecule has 1 unspecified atom stereocenters. The number of carbonyl (C=O) groups is 1. The quantitative estimate of drug-likeness (QED) is 0.791. The first-order valence-electron chi connectivity index (χ1n) is 7.99. The van der Waals surface area contributed by atoms with Gasteiger partial charge in [0, 0.05) is 11.4 Å². The normalized spacial score (nSPS) is 17.9. The predicted octanol–water partition coefficient (Wildman–Crippen LogP) is 3.32. The van der Waals surface area contributed by atoms with Crippen LogP contribution in [0.5, 0.6) is 0 Å². The molecule has 122 valence electrons. The summed E-state index contributed by atoms with van der Waals surface area (Å²) in [5.41, 5.74) is 7.08. The Morgan fingerprint density at radius 1 is 1.23 bits per heavy atom. The highest BCUT2D eigenvalue weighted by Crippen LogP contribution is 2.39. The van der Waals surface area contributed by atoms with E-state index in [1.165, 1.54) is 18.4 Å². The van der Waals surface area contributed by atoms with Crippen molar-refractivity contribution in [3.8, 4) is 0 Å². The molecule has 22 heavy (non-hydrogen) atoms. The van der Waals surface area contributed by atoms with E-state index in [1.807, 2.05) is 0 Å². The molecule has 3 N–H and O–H groups in total. The summed E-state index contributed by atoms with van der Waals surface area (Å²) < 4.78 is 0. The molecule has 0 bridgehead atoms. The lowest BCUT2D eigenvalue weighted by Crippen LogP contribution is -2.53. The molecule has 1 aliphatic rings. The Labute approximate surface area is 138 Å². The van der Waals surface area contributed by atoms with Crippen molar-refractivity contribution >= 4 is 17.7 Å². The van der Waals surface area contributed by atoms with E-state index in [4.69, 9.17) is 5.73 Å². The zero-order valence-electron chi connectivity index (χ0n) is 14.1. The van der Waals surface area contributed by atoms with Crippen LogP contribution in [0.2, 0.25) is 0 Å². The van der Waals surface area contributed by atoms with Crippen LogP contribution >= 0.6 is 11.8 Å². The summed E-state index contributed by atoms with van der Waals surface area (Å²) in [7, 11) is 0. The van der Waals surface area contributed by atoms with Crippen molar-refractivity contribution in [2.24, 2.45) is 11.7 Å². The minimum Gasteiger partial charge on any atom is -0.349 e. The topological polar surface area (TPSA) is 55.1 Å². The summed E-state index contributed by atoms with van der Waals surface area (Å²) in [6, 6.07) is 8.49. The lowest BCUT2D eigenvalue weighted by molar-refractivity contribution is -0.120. The molecular formula is C18H28N2OS. The van der Waals surface area contributed by atoms with Gasteiger partial charge in [0.25, 0.3) is 0 Å². The Balaban J connectivity index is 1.86. The lowest BCUT2D eigenvalue weighted by atomic mass is 9.87. The second kappa shape index (κ2) is 6.63. The number of rotatable bonds is 6. The van der Waals surface area contributed by atoms with Gasteiger partial charge < -0.3 is 11.1 Å². The highest BCUT2D eigenvalue weighted by molar-refractivity contribution is 8.00. The smallest absolute Gasteiger partial charge is 0.230 e. The first-order valence-corrected chi connectivity index (χ1v) is 8.97. The van der Waals surface area contributed by atoms with Crippen molar-refractivity contribution < 1.29 is 4.79 Å². The van der Waals surface area contributed by atoms with E-state index in [0.717, 1.165) is 4.90 Å². The van der Waals surface area contributed by atoms with Gasteiger partial charge in [-0.2, -0.15) is 0 Å². The predicted molar refractivity (Wildman–Crippen MR) is 94.2 cm³/mol. The summed E-state index contributed by atoms with van der Waals surface area (Å²) in [5, 5.41) is 3.13. The maximum absolute atomic E-state index is 12.2. The van der Waals surface area contributed by atoms with Crippen molar-refractivity contribution in [2.75, 3.05) is 12.3 Å². The van der Waals surface area contributed by atoms with Gasteiger partial charge in [-0.05, 0) is 48.8 Å². The van der Waals surface area contributed by atoms with Crippen molar-refractivity contribution in [1.82, 2.24) is 5.32 Å². The van der Waals surface area contributed by atoms with E-state index < -0.39 is 0 Å². The van der Waals surface area contributed by atoms with Crippen molar-refractivity contribution in [1.29, 1.82) is 0 Å². The van der Waals surface area contributed by atoms with Gasteiger partial charge in [-0.3, -0.25) is 4.79 Å².